The van der Waals surface area contributed by atoms with Gasteiger partial charge >= 0.3 is 10.3 Å². The van der Waals surface area contributed by atoms with Crippen molar-refractivity contribution in [2.45, 2.75) is 63.4 Å². The van der Waals surface area contributed by atoms with Crippen molar-refractivity contribution in [3.05, 3.63) is 0 Å². The molecule has 3 rings (SSSR count). The van der Waals surface area contributed by atoms with Gasteiger partial charge in [0.15, 0.2) is 11.6 Å². The number of hydrogen-bond acceptors (Lipinski definition) is 9. The summed E-state index contributed by atoms with van der Waals surface area (Å²) in [5, 5.41) is 8.56. The second-order valence-electron chi connectivity index (χ2n) is 6.61. The molecule has 0 radical (unpaired) electrons. The van der Waals surface area contributed by atoms with Crippen LogP contribution in [0.4, 0.5) is 0 Å². The van der Waals surface area contributed by atoms with Gasteiger partial charge in [0.25, 0.3) is 0 Å². The molecular weight excluding hydrogens is 334 g/mol. The maximum atomic E-state index is 11.3. The van der Waals surface area contributed by atoms with E-state index < -0.39 is 46.5 Å². The van der Waals surface area contributed by atoms with Crippen LogP contribution in [-0.2, 0) is 38.2 Å². The largest absolute Gasteiger partial charge is 0.358 e. The molecule has 0 amide bonds. The van der Waals surface area contributed by atoms with Crippen molar-refractivity contribution in [2.75, 3.05) is 13.2 Å². The summed E-state index contributed by atoms with van der Waals surface area (Å²) in [6, 6.07) is 0. The van der Waals surface area contributed by atoms with Crippen LogP contribution < -0.4 is 4.89 Å². The lowest BCUT2D eigenvalue weighted by Crippen LogP contribution is -2.60. The monoisotopic (exact) mass is 355 g/mol. The van der Waals surface area contributed by atoms with E-state index in [2.05, 4.69) is 0 Å². The molecule has 0 aromatic heterocycles. The summed E-state index contributed by atoms with van der Waals surface area (Å²) in [7, 11) is -4.33. The van der Waals surface area contributed by atoms with E-state index in [1.54, 1.807) is 27.7 Å². The van der Waals surface area contributed by atoms with E-state index in [9.17, 15) is 8.42 Å². The molecule has 3 fully saturated rings. The zero-order valence-corrected chi connectivity index (χ0v) is 14.1. The van der Waals surface area contributed by atoms with E-state index in [1.165, 1.54) is 0 Å². The first-order chi connectivity index (χ1) is 10.5. The Labute approximate surface area is 134 Å². The fourth-order valence-corrected chi connectivity index (χ4v) is 3.51. The van der Waals surface area contributed by atoms with E-state index >= 15 is 0 Å². The number of ether oxygens (including phenoxy) is 5. The van der Waals surface area contributed by atoms with Gasteiger partial charge in [-0.2, -0.15) is 8.42 Å². The first-order valence-electron chi connectivity index (χ1n) is 7.15. The predicted octanol–water partition coefficient (Wildman–Crippen LogP) is -0.375. The van der Waals surface area contributed by atoms with E-state index in [-0.39, 0.29) is 12.7 Å². The smallest absolute Gasteiger partial charge is 0.343 e. The lowest BCUT2D eigenvalue weighted by molar-refractivity contribution is -0.290. The van der Waals surface area contributed by atoms with E-state index in [0.29, 0.717) is 0 Å². The maximum Gasteiger partial charge on any atom is 0.358 e. The number of fused-ring (bicyclic) bond motifs is 3. The highest BCUT2D eigenvalue weighted by Gasteiger charge is 2.65. The van der Waals surface area contributed by atoms with Crippen LogP contribution in [0.25, 0.3) is 0 Å². The first-order valence-corrected chi connectivity index (χ1v) is 8.56. The SMILES string of the molecule is CC1(C)OC2[C@@H](CO[C@@]3(COS(=O)(=O)NO)OC(C)(C)O[C@@H]23)O1. The molecule has 3 aliphatic heterocycles. The maximum absolute atomic E-state index is 11.3. The van der Waals surface area contributed by atoms with Crippen molar-refractivity contribution in [2.24, 2.45) is 0 Å². The van der Waals surface area contributed by atoms with Gasteiger partial charge in [0.1, 0.15) is 24.9 Å². The van der Waals surface area contributed by atoms with Crippen LogP contribution in [0.5, 0.6) is 0 Å². The lowest BCUT2D eigenvalue weighted by Gasteiger charge is -2.40. The topological polar surface area (TPSA) is 122 Å². The average Bonchev–Trinajstić information content (AvgIpc) is 2.88. The van der Waals surface area contributed by atoms with Crippen molar-refractivity contribution in [1.82, 2.24) is 4.89 Å². The summed E-state index contributed by atoms with van der Waals surface area (Å²) >= 11 is 0. The highest BCUT2D eigenvalue weighted by atomic mass is 32.2. The van der Waals surface area contributed by atoms with Crippen LogP contribution >= 0.6 is 0 Å². The molecule has 0 aliphatic carbocycles. The Balaban J connectivity index is 1.85. The van der Waals surface area contributed by atoms with Crippen LogP contribution in [0.15, 0.2) is 0 Å². The highest BCUT2D eigenvalue weighted by molar-refractivity contribution is 7.84. The highest BCUT2D eigenvalue weighted by Crippen LogP contribution is 2.47. The minimum atomic E-state index is -4.33. The van der Waals surface area contributed by atoms with Gasteiger partial charge in [0.2, 0.25) is 5.79 Å². The van der Waals surface area contributed by atoms with Gasteiger partial charge in [-0.1, -0.05) is 4.89 Å². The molecule has 3 saturated heterocycles. The van der Waals surface area contributed by atoms with Crippen molar-refractivity contribution in [3.8, 4) is 0 Å². The molecule has 3 aliphatic rings. The van der Waals surface area contributed by atoms with Crippen molar-refractivity contribution in [3.63, 3.8) is 0 Å². The van der Waals surface area contributed by atoms with Crippen molar-refractivity contribution < 1.29 is 41.5 Å². The summed E-state index contributed by atoms with van der Waals surface area (Å²) in [5.41, 5.74) is 0. The molecule has 1 unspecified atom stereocenters. The number of nitrogens with one attached hydrogen (secondary N) is 1. The Hall–Kier alpha value is -0.370. The number of rotatable bonds is 4. The molecule has 4 atom stereocenters. The molecule has 0 saturated carbocycles. The molecule has 2 N–H and O–H groups in total. The van der Waals surface area contributed by atoms with E-state index in [1.807, 2.05) is 0 Å². The molecule has 0 aromatic carbocycles. The first kappa shape index (κ1) is 17.5. The summed E-state index contributed by atoms with van der Waals surface area (Å²) in [6.45, 7) is 6.50. The lowest BCUT2D eigenvalue weighted by atomic mass is 9.98. The predicted molar refractivity (Wildman–Crippen MR) is 72.3 cm³/mol. The van der Waals surface area contributed by atoms with Gasteiger partial charge in [0, 0.05) is 0 Å². The van der Waals surface area contributed by atoms with Gasteiger partial charge in [-0.05, 0) is 27.7 Å². The molecule has 3 heterocycles. The van der Waals surface area contributed by atoms with Gasteiger partial charge in [-0.15, -0.1) is 0 Å². The fraction of sp³-hybridized carbons (Fsp3) is 1.00. The molecule has 0 aromatic rings. The van der Waals surface area contributed by atoms with Crippen LogP contribution in [0.1, 0.15) is 27.7 Å². The Morgan fingerprint density at radius 1 is 1.17 bits per heavy atom. The Kier molecular flexibility index (Phi) is 4.03. The van der Waals surface area contributed by atoms with Gasteiger partial charge in [-0.3, -0.25) is 4.18 Å². The molecule has 23 heavy (non-hydrogen) atoms. The Morgan fingerprint density at radius 3 is 2.52 bits per heavy atom. The average molecular weight is 355 g/mol. The van der Waals surface area contributed by atoms with Crippen LogP contribution in [0.3, 0.4) is 0 Å². The minimum absolute atomic E-state index is 0.125. The summed E-state index contributed by atoms with van der Waals surface area (Å²) in [6.07, 6.45) is -1.63. The van der Waals surface area contributed by atoms with Crippen molar-refractivity contribution >= 4 is 10.3 Å². The normalized spacial score (nSPS) is 41.5. The van der Waals surface area contributed by atoms with E-state index in [0.717, 1.165) is 4.89 Å². The summed E-state index contributed by atoms with van der Waals surface area (Å²) in [4.78, 5) is 1.08. The summed E-state index contributed by atoms with van der Waals surface area (Å²) in [5.74, 6) is -3.34. The quantitative estimate of drug-likeness (QED) is 0.650. The van der Waals surface area contributed by atoms with Gasteiger partial charge in [0.05, 0.1) is 6.61 Å². The minimum Gasteiger partial charge on any atom is -0.343 e. The third kappa shape index (κ3) is 3.25. The molecule has 0 spiro atoms. The molecule has 134 valence electrons. The molecular formula is C12H21NO9S. The molecule has 10 nitrogen and oxygen atoms in total. The van der Waals surface area contributed by atoms with Crippen molar-refractivity contribution in [1.29, 1.82) is 0 Å². The fourth-order valence-electron chi connectivity index (χ4n) is 3.13. The Morgan fingerprint density at radius 2 is 1.87 bits per heavy atom. The molecule has 11 heteroatoms. The zero-order chi connectivity index (χ0) is 17.1. The summed E-state index contributed by atoms with van der Waals surface area (Å²) < 4.78 is 56.3. The van der Waals surface area contributed by atoms with Crippen LogP contribution in [0.2, 0.25) is 0 Å². The Bertz CT molecular complexity index is 577. The second-order valence-corrected chi connectivity index (χ2v) is 7.94. The third-order valence-corrected chi connectivity index (χ3v) is 4.45. The van der Waals surface area contributed by atoms with Gasteiger partial charge in [-0.25, -0.2) is 0 Å². The second kappa shape index (κ2) is 5.31. The number of hydrogen-bond donors (Lipinski definition) is 2. The standard InChI is InChI=1S/C12H21NO9S/c1-10(2)19-7-5-17-12(6-18-23(15,16)13-14)9(8(7)20-10)21-11(3,4)22-12/h7-9,13-14H,5-6H2,1-4H3/t7-,8?,9+,12+/m1/s1. The van der Waals surface area contributed by atoms with Crippen LogP contribution in [0, 0.1) is 0 Å². The van der Waals surface area contributed by atoms with Gasteiger partial charge < -0.3 is 28.9 Å². The zero-order valence-electron chi connectivity index (χ0n) is 13.3. The van der Waals surface area contributed by atoms with E-state index in [4.69, 9.17) is 33.1 Å². The van der Waals surface area contributed by atoms with Crippen LogP contribution in [-0.4, -0.2) is 62.5 Å². The molecule has 0 bridgehead atoms. The third-order valence-electron chi connectivity index (χ3n) is 3.80.